The number of amides is 1. The second kappa shape index (κ2) is 5.53. The standard InChI is InChI=1S/C17H22FN3O3/c1-16(2,15(23)24)11-4-3-5-13(8-11)21-10-12-9-20(19)7-6-17(12,18)14(21)22/h3-5,8,12H,6-7,9-10,19H2,1-2H3,(H,23,24)/t12-,17+/m0/s1. The van der Waals surface area contributed by atoms with E-state index in [-0.39, 0.29) is 13.0 Å². The van der Waals surface area contributed by atoms with Crippen LogP contribution in [0.4, 0.5) is 10.1 Å². The molecule has 0 radical (unpaired) electrons. The van der Waals surface area contributed by atoms with Crippen molar-refractivity contribution in [2.24, 2.45) is 11.8 Å². The van der Waals surface area contributed by atoms with Gasteiger partial charge in [-0.15, -0.1) is 0 Å². The molecule has 0 aliphatic carbocycles. The lowest BCUT2D eigenvalue weighted by molar-refractivity contribution is -0.142. The molecule has 7 heteroatoms. The zero-order chi connectivity index (χ0) is 17.7. The molecular weight excluding hydrogens is 313 g/mol. The third kappa shape index (κ3) is 2.48. The highest BCUT2D eigenvalue weighted by molar-refractivity contribution is 6.02. The Morgan fingerprint density at radius 3 is 2.79 bits per heavy atom. The van der Waals surface area contributed by atoms with Crippen LogP contribution in [0.2, 0.25) is 0 Å². The maximum atomic E-state index is 15.2. The van der Waals surface area contributed by atoms with E-state index < -0.39 is 28.9 Å². The number of carboxylic acids is 1. The van der Waals surface area contributed by atoms with Crippen molar-refractivity contribution in [3.8, 4) is 0 Å². The van der Waals surface area contributed by atoms with Gasteiger partial charge in [0.15, 0.2) is 5.67 Å². The van der Waals surface area contributed by atoms with E-state index in [1.54, 1.807) is 43.1 Å². The van der Waals surface area contributed by atoms with E-state index in [0.717, 1.165) is 0 Å². The molecule has 3 N–H and O–H groups in total. The number of alkyl halides is 1. The van der Waals surface area contributed by atoms with Crippen molar-refractivity contribution in [2.45, 2.75) is 31.4 Å². The van der Waals surface area contributed by atoms with Gasteiger partial charge in [0.05, 0.1) is 5.41 Å². The minimum Gasteiger partial charge on any atom is -0.481 e. The number of halogens is 1. The smallest absolute Gasteiger partial charge is 0.313 e. The summed E-state index contributed by atoms with van der Waals surface area (Å²) in [5.41, 5.74) is -1.87. The van der Waals surface area contributed by atoms with Gasteiger partial charge in [0.25, 0.3) is 5.91 Å². The fourth-order valence-corrected chi connectivity index (χ4v) is 3.45. The molecule has 2 heterocycles. The molecule has 1 aromatic carbocycles. The van der Waals surface area contributed by atoms with Crippen molar-refractivity contribution >= 4 is 17.6 Å². The van der Waals surface area contributed by atoms with Crippen LogP contribution in [0.5, 0.6) is 0 Å². The van der Waals surface area contributed by atoms with Gasteiger partial charge in [-0.2, -0.15) is 0 Å². The molecule has 0 saturated carbocycles. The first-order valence-corrected chi connectivity index (χ1v) is 8.01. The number of hydrogen-bond acceptors (Lipinski definition) is 4. The summed E-state index contributed by atoms with van der Waals surface area (Å²) in [6.07, 6.45) is 0.0871. The number of hydrogen-bond donors (Lipinski definition) is 2. The molecule has 6 nitrogen and oxygen atoms in total. The fourth-order valence-electron chi connectivity index (χ4n) is 3.45. The lowest BCUT2D eigenvalue weighted by Gasteiger charge is -2.34. The van der Waals surface area contributed by atoms with E-state index in [2.05, 4.69) is 0 Å². The van der Waals surface area contributed by atoms with Crippen LogP contribution in [0, 0.1) is 5.92 Å². The Kier molecular flexibility index (Phi) is 3.88. The molecule has 2 aliphatic rings. The van der Waals surface area contributed by atoms with E-state index in [4.69, 9.17) is 5.84 Å². The Hall–Kier alpha value is -1.99. The van der Waals surface area contributed by atoms with Crippen LogP contribution in [-0.4, -0.2) is 47.3 Å². The van der Waals surface area contributed by atoms with Crippen molar-refractivity contribution in [1.82, 2.24) is 5.01 Å². The highest BCUT2D eigenvalue weighted by Gasteiger charge is 2.57. The van der Waals surface area contributed by atoms with Crippen LogP contribution in [0.15, 0.2) is 24.3 Å². The highest BCUT2D eigenvalue weighted by Crippen LogP contribution is 2.41. The number of nitrogens with zero attached hydrogens (tertiary/aromatic N) is 2. The third-order valence-corrected chi connectivity index (χ3v) is 5.28. The van der Waals surface area contributed by atoms with Gasteiger partial charge in [0, 0.05) is 37.7 Å². The number of nitrogens with two attached hydrogens (primary N) is 1. The van der Waals surface area contributed by atoms with E-state index in [0.29, 0.717) is 24.3 Å². The average molecular weight is 335 g/mol. The number of aliphatic carboxylic acids is 1. The molecule has 1 aromatic rings. The Balaban J connectivity index is 1.93. The summed E-state index contributed by atoms with van der Waals surface area (Å²) < 4.78 is 15.2. The molecule has 0 spiro atoms. The normalized spacial score (nSPS) is 28.1. The molecule has 2 fully saturated rings. The average Bonchev–Trinajstić information content (AvgIpc) is 2.79. The summed E-state index contributed by atoms with van der Waals surface area (Å²) in [4.78, 5) is 25.5. The minimum absolute atomic E-state index is 0.0871. The largest absolute Gasteiger partial charge is 0.481 e. The van der Waals surface area contributed by atoms with Crippen molar-refractivity contribution in [1.29, 1.82) is 0 Å². The fraction of sp³-hybridized carbons (Fsp3) is 0.529. The zero-order valence-electron chi connectivity index (χ0n) is 13.8. The van der Waals surface area contributed by atoms with E-state index >= 15 is 4.39 Å². The molecule has 2 saturated heterocycles. The van der Waals surface area contributed by atoms with Crippen LogP contribution in [-0.2, 0) is 15.0 Å². The number of anilines is 1. The number of hydrazine groups is 1. The van der Waals surface area contributed by atoms with Crippen LogP contribution >= 0.6 is 0 Å². The molecule has 2 aliphatic heterocycles. The highest BCUT2D eigenvalue weighted by atomic mass is 19.1. The van der Waals surface area contributed by atoms with E-state index in [9.17, 15) is 14.7 Å². The Bertz CT molecular complexity index is 693. The number of carbonyl (C=O) groups is 2. The molecule has 1 amide bonds. The minimum atomic E-state index is -1.88. The van der Waals surface area contributed by atoms with Gasteiger partial charge in [-0.05, 0) is 31.5 Å². The maximum absolute atomic E-state index is 15.2. The topological polar surface area (TPSA) is 86.9 Å². The van der Waals surface area contributed by atoms with Gasteiger partial charge in [-0.3, -0.25) is 15.4 Å². The lowest BCUT2D eigenvalue weighted by Crippen LogP contribution is -2.52. The molecule has 24 heavy (non-hydrogen) atoms. The molecule has 3 rings (SSSR count). The van der Waals surface area contributed by atoms with Crippen LogP contribution < -0.4 is 10.7 Å². The predicted octanol–water partition coefficient (Wildman–Crippen LogP) is 1.30. The molecule has 0 unspecified atom stereocenters. The number of piperidine rings is 1. The van der Waals surface area contributed by atoms with E-state index in [1.807, 2.05) is 0 Å². The first-order chi connectivity index (χ1) is 11.2. The van der Waals surface area contributed by atoms with Gasteiger partial charge in [0.1, 0.15) is 0 Å². The van der Waals surface area contributed by atoms with Crippen LogP contribution in [0.3, 0.4) is 0 Å². The Morgan fingerprint density at radius 2 is 2.12 bits per heavy atom. The maximum Gasteiger partial charge on any atom is 0.313 e. The van der Waals surface area contributed by atoms with Gasteiger partial charge in [-0.1, -0.05) is 12.1 Å². The Labute approximate surface area is 140 Å². The first-order valence-electron chi connectivity index (χ1n) is 8.01. The van der Waals surface area contributed by atoms with Gasteiger partial charge in [-0.25, -0.2) is 9.40 Å². The number of benzene rings is 1. The molecular formula is C17H22FN3O3. The quantitative estimate of drug-likeness (QED) is 0.813. The molecule has 130 valence electrons. The van der Waals surface area contributed by atoms with Crippen molar-refractivity contribution in [3.63, 3.8) is 0 Å². The van der Waals surface area contributed by atoms with Gasteiger partial charge >= 0.3 is 5.97 Å². The molecule has 0 aromatic heterocycles. The van der Waals surface area contributed by atoms with Crippen LogP contribution in [0.25, 0.3) is 0 Å². The van der Waals surface area contributed by atoms with Crippen molar-refractivity contribution < 1.29 is 19.1 Å². The van der Waals surface area contributed by atoms with E-state index in [1.165, 1.54) is 4.90 Å². The van der Waals surface area contributed by atoms with Crippen LogP contribution in [0.1, 0.15) is 25.8 Å². The number of carboxylic acid groups (broad SMARTS) is 1. The number of fused-ring (bicyclic) bond motifs is 1. The molecule has 2 atom stereocenters. The summed E-state index contributed by atoms with van der Waals surface area (Å²) in [6, 6.07) is 6.77. The number of carbonyl (C=O) groups excluding carboxylic acids is 1. The SMILES string of the molecule is CC(C)(C(=O)O)c1cccc(N2C[C@@H]3CN(N)CC[C@]3(F)C2=O)c1. The lowest BCUT2D eigenvalue weighted by atomic mass is 9.84. The summed E-state index contributed by atoms with van der Waals surface area (Å²) >= 11 is 0. The number of rotatable bonds is 3. The zero-order valence-corrected chi connectivity index (χ0v) is 13.8. The van der Waals surface area contributed by atoms with Gasteiger partial charge < -0.3 is 10.0 Å². The third-order valence-electron chi connectivity index (χ3n) is 5.28. The summed E-state index contributed by atoms with van der Waals surface area (Å²) in [5.74, 6) is 3.79. The second-order valence-electron chi connectivity index (χ2n) is 7.20. The van der Waals surface area contributed by atoms with Gasteiger partial charge in [0.2, 0.25) is 0 Å². The first kappa shape index (κ1) is 16.9. The summed E-state index contributed by atoms with van der Waals surface area (Å²) in [6.45, 7) is 4.13. The summed E-state index contributed by atoms with van der Waals surface area (Å²) in [5, 5.41) is 10.9. The van der Waals surface area contributed by atoms with Crippen molar-refractivity contribution in [3.05, 3.63) is 29.8 Å². The predicted molar refractivity (Wildman–Crippen MR) is 87.2 cm³/mol. The monoisotopic (exact) mass is 335 g/mol. The van der Waals surface area contributed by atoms with Crippen molar-refractivity contribution in [2.75, 3.05) is 24.5 Å². The second-order valence-corrected chi connectivity index (χ2v) is 7.20. The summed E-state index contributed by atoms with van der Waals surface area (Å²) in [7, 11) is 0. The Morgan fingerprint density at radius 1 is 1.42 bits per heavy atom. The molecule has 0 bridgehead atoms.